The van der Waals surface area contributed by atoms with Crippen LogP contribution in [0.15, 0.2) is 40.8 Å². The average Bonchev–Trinajstić information content (AvgIpc) is 3.08. The van der Waals surface area contributed by atoms with Gasteiger partial charge in [-0.15, -0.1) is 5.10 Å². The van der Waals surface area contributed by atoms with Gasteiger partial charge in [0, 0.05) is 35.4 Å². The van der Waals surface area contributed by atoms with E-state index in [0.717, 1.165) is 34.8 Å². The highest BCUT2D eigenvalue weighted by molar-refractivity contribution is 7.99. The average molecular weight is 417 g/mol. The largest absolute Gasteiger partial charge is 0.433 e. The van der Waals surface area contributed by atoms with E-state index < -0.39 is 11.9 Å². The van der Waals surface area contributed by atoms with Crippen molar-refractivity contribution in [2.75, 3.05) is 0 Å². The van der Waals surface area contributed by atoms with Crippen LogP contribution >= 0.6 is 11.8 Å². The summed E-state index contributed by atoms with van der Waals surface area (Å²) >= 11 is 0.923. The number of nitrogens with zero attached hydrogens (tertiary/aromatic N) is 7. The summed E-state index contributed by atoms with van der Waals surface area (Å²) in [5, 5.41) is 4.69. The van der Waals surface area contributed by atoms with Crippen LogP contribution in [0.25, 0.3) is 17.2 Å². The molecule has 0 saturated heterocycles. The van der Waals surface area contributed by atoms with Gasteiger partial charge in [-0.1, -0.05) is 0 Å². The smallest absolute Gasteiger partial charge is 0.265 e. The van der Waals surface area contributed by atoms with Crippen LogP contribution < -0.4 is 0 Å². The van der Waals surface area contributed by atoms with Gasteiger partial charge >= 0.3 is 6.18 Å². The standard InChI is InChI=1S/C18H14F3N7S/c1-9-10(2)23-16-26-17(27-28(16)11(9)3)29-14-8-13(18(19,20)21)24-15(25-14)12-4-6-22-7-5-12/h4-8H,1-3H3. The van der Waals surface area contributed by atoms with Crippen molar-refractivity contribution in [1.82, 2.24) is 34.5 Å². The van der Waals surface area contributed by atoms with Gasteiger partial charge in [0.05, 0.1) is 0 Å². The zero-order valence-electron chi connectivity index (χ0n) is 15.6. The minimum Gasteiger partial charge on any atom is -0.265 e. The van der Waals surface area contributed by atoms with Crippen molar-refractivity contribution in [3.05, 3.63) is 53.2 Å². The normalized spacial score (nSPS) is 11.9. The molecule has 0 radical (unpaired) electrons. The quantitative estimate of drug-likeness (QED) is 0.465. The number of aromatic nitrogens is 7. The molecule has 4 aromatic heterocycles. The third-order valence-corrected chi connectivity index (χ3v) is 5.14. The Bertz CT molecular complexity index is 1210. The summed E-state index contributed by atoms with van der Waals surface area (Å²) < 4.78 is 41.6. The van der Waals surface area contributed by atoms with Gasteiger partial charge in [0.25, 0.3) is 5.78 Å². The van der Waals surface area contributed by atoms with Crippen molar-refractivity contribution in [3.63, 3.8) is 0 Å². The monoisotopic (exact) mass is 417 g/mol. The third-order valence-electron chi connectivity index (χ3n) is 4.37. The molecule has 29 heavy (non-hydrogen) atoms. The molecule has 0 unspecified atom stereocenters. The molecule has 0 aromatic carbocycles. The minimum atomic E-state index is -4.61. The minimum absolute atomic E-state index is 0.0468. The number of hydrogen-bond donors (Lipinski definition) is 0. The number of rotatable bonds is 3. The van der Waals surface area contributed by atoms with E-state index in [-0.39, 0.29) is 16.0 Å². The highest BCUT2D eigenvalue weighted by Crippen LogP contribution is 2.33. The van der Waals surface area contributed by atoms with Gasteiger partial charge in [0.2, 0.25) is 5.16 Å². The topological polar surface area (TPSA) is 81.8 Å². The van der Waals surface area contributed by atoms with Gasteiger partial charge < -0.3 is 0 Å². The number of fused-ring (bicyclic) bond motifs is 1. The molecule has 148 valence electrons. The first-order valence-electron chi connectivity index (χ1n) is 8.47. The van der Waals surface area contributed by atoms with Gasteiger partial charge in [0.1, 0.15) is 10.7 Å². The summed E-state index contributed by atoms with van der Waals surface area (Å²) in [6, 6.07) is 3.98. The van der Waals surface area contributed by atoms with Crippen LogP contribution in [0.5, 0.6) is 0 Å². The van der Waals surface area contributed by atoms with Crippen LogP contribution in [0.2, 0.25) is 0 Å². The van der Waals surface area contributed by atoms with Crippen LogP contribution in [0.3, 0.4) is 0 Å². The summed E-state index contributed by atoms with van der Waals surface area (Å²) in [6.45, 7) is 5.67. The van der Waals surface area contributed by atoms with E-state index >= 15 is 0 Å². The maximum absolute atomic E-state index is 13.4. The van der Waals surface area contributed by atoms with E-state index in [4.69, 9.17) is 0 Å². The van der Waals surface area contributed by atoms with Crippen LogP contribution in [0.4, 0.5) is 13.2 Å². The van der Waals surface area contributed by atoms with E-state index in [9.17, 15) is 13.2 Å². The molecule has 0 N–H and O–H groups in total. The van der Waals surface area contributed by atoms with Gasteiger partial charge in [-0.2, -0.15) is 18.2 Å². The summed E-state index contributed by atoms with van der Waals surface area (Å²) in [4.78, 5) is 20.5. The van der Waals surface area contributed by atoms with Gasteiger partial charge in [-0.05, 0) is 50.2 Å². The van der Waals surface area contributed by atoms with E-state index in [1.165, 1.54) is 12.4 Å². The van der Waals surface area contributed by atoms with Crippen molar-refractivity contribution in [1.29, 1.82) is 0 Å². The lowest BCUT2D eigenvalue weighted by Crippen LogP contribution is -2.10. The van der Waals surface area contributed by atoms with Crippen molar-refractivity contribution in [2.45, 2.75) is 37.1 Å². The molecule has 0 atom stereocenters. The van der Waals surface area contributed by atoms with Crippen LogP contribution in [-0.4, -0.2) is 34.5 Å². The summed E-state index contributed by atoms with van der Waals surface area (Å²) in [6.07, 6.45) is -1.68. The van der Waals surface area contributed by atoms with Crippen molar-refractivity contribution in [2.24, 2.45) is 0 Å². The molecular formula is C18H14F3N7S. The predicted molar refractivity (Wildman–Crippen MR) is 99.4 cm³/mol. The Balaban J connectivity index is 1.79. The van der Waals surface area contributed by atoms with E-state index in [1.807, 2.05) is 20.8 Å². The van der Waals surface area contributed by atoms with E-state index in [1.54, 1.807) is 16.6 Å². The Morgan fingerprint density at radius 3 is 2.38 bits per heavy atom. The number of alkyl halides is 3. The summed E-state index contributed by atoms with van der Waals surface area (Å²) in [7, 11) is 0. The maximum Gasteiger partial charge on any atom is 0.433 e. The molecular weight excluding hydrogens is 403 g/mol. The molecule has 0 spiro atoms. The fourth-order valence-corrected chi connectivity index (χ4v) is 3.37. The number of hydrogen-bond acceptors (Lipinski definition) is 7. The lowest BCUT2D eigenvalue weighted by Gasteiger charge is -2.09. The van der Waals surface area contributed by atoms with Gasteiger partial charge in [-0.25, -0.2) is 19.5 Å². The Hall–Kier alpha value is -3.08. The first-order valence-corrected chi connectivity index (χ1v) is 9.29. The van der Waals surface area contributed by atoms with Gasteiger partial charge in [-0.3, -0.25) is 4.98 Å². The maximum atomic E-state index is 13.4. The number of aryl methyl sites for hydroxylation is 2. The molecule has 0 bridgehead atoms. The Labute approximate surface area is 167 Å². The zero-order valence-corrected chi connectivity index (χ0v) is 16.4. The fraction of sp³-hybridized carbons (Fsp3) is 0.222. The molecule has 4 aromatic rings. The Kier molecular flexibility index (Phi) is 4.69. The van der Waals surface area contributed by atoms with Gasteiger partial charge in [0.15, 0.2) is 5.82 Å². The SMILES string of the molecule is Cc1nc2nc(Sc3cc(C(F)(F)F)nc(-c4ccncc4)n3)nn2c(C)c1C. The van der Waals surface area contributed by atoms with Crippen molar-refractivity contribution < 1.29 is 13.2 Å². The van der Waals surface area contributed by atoms with Crippen molar-refractivity contribution in [3.8, 4) is 11.4 Å². The molecule has 0 amide bonds. The second-order valence-corrected chi connectivity index (χ2v) is 7.25. The summed E-state index contributed by atoms with van der Waals surface area (Å²) in [5.41, 5.74) is 2.05. The summed E-state index contributed by atoms with van der Waals surface area (Å²) in [5.74, 6) is 0.335. The molecule has 0 aliphatic heterocycles. The Morgan fingerprint density at radius 1 is 0.966 bits per heavy atom. The number of halogens is 3. The van der Waals surface area contributed by atoms with Crippen LogP contribution in [-0.2, 0) is 6.18 Å². The molecule has 0 aliphatic rings. The Morgan fingerprint density at radius 2 is 1.69 bits per heavy atom. The van der Waals surface area contributed by atoms with Crippen molar-refractivity contribution >= 4 is 17.5 Å². The molecule has 0 saturated carbocycles. The second-order valence-electron chi connectivity index (χ2n) is 6.26. The molecule has 0 aliphatic carbocycles. The molecule has 7 nitrogen and oxygen atoms in total. The zero-order chi connectivity index (χ0) is 20.8. The van der Waals surface area contributed by atoms with Crippen LogP contribution in [0.1, 0.15) is 22.6 Å². The molecule has 4 rings (SSSR count). The lowest BCUT2D eigenvalue weighted by atomic mass is 10.2. The van der Waals surface area contributed by atoms with E-state index in [0.29, 0.717) is 11.3 Å². The number of pyridine rings is 1. The highest BCUT2D eigenvalue weighted by atomic mass is 32.2. The second kappa shape index (κ2) is 7.07. The highest BCUT2D eigenvalue weighted by Gasteiger charge is 2.34. The lowest BCUT2D eigenvalue weighted by molar-refractivity contribution is -0.141. The molecule has 4 heterocycles. The fourth-order valence-electron chi connectivity index (χ4n) is 2.63. The first-order chi connectivity index (χ1) is 13.7. The van der Waals surface area contributed by atoms with E-state index in [2.05, 4.69) is 30.0 Å². The predicted octanol–water partition coefficient (Wildman–Crippen LogP) is 4.07. The molecule has 11 heteroatoms. The molecule has 0 fully saturated rings. The third kappa shape index (κ3) is 3.77. The van der Waals surface area contributed by atoms with Crippen LogP contribution in [0, 0.1) is 20.8 Å². The first kappa shape index (κ1) is 19.2.